The van der Waals surface area contributed by atoms with E-state index in [4.69, 9.17) is 4.42 Å². The van der Waals surface area contributed by atoms with Crippen LogP contribution in [0.25, 0.3) is 0 Å². The Morgan fingerprint density at radius 3 is 2.50 bits per heavy atom. The lowest BCUT2D eigenvalue weighted by molar-refractivity contribution is -0.274. The second kappa shape index (κ2) is 7.32. The molecule has 10 heteroatoms. The van der Waals surface area contributed by atoms with Gasteiger partial charge in [0, 0.05) is 11.5 Å². The van der Waals surface area contributed by atoms with Gasteiger partial charge in [0.25, 0.3) is 5.91 Å². The van der Waals surface area contributed by atoms with Gasteiger partial charge in [0.2, 0.25) is 5.89 Å². The van der Waals surface area contributed by atoms with Gasteiger partial charge < -0.3 is 14.1 Å². The number of hydrogen-bond acceptors (Lipinski definition) is 6. The van der Waals surface area contributed by atoms with E-state index in [9.17, 15) is 18.0 Å². The van der Waals surface area contributed by atoms with Crippen molar-refractivity contribution in [2.45, 2.75) is 25.1 Å². The molecule has 0 bridgehead atoms. The number of rotatable bonds is 4. The molecular weight excluding hydrogens is 353 g/mol. The summed E-state index contributed by atoms with van der Waals surface area (Å²) in [6, 6.07) is 4.50. The van der Waals surface area contributed by atoms with E-state index in [-0.39, 0.29) is 17.5 Å². The van der Waals surface area contributed by atoms with E-state index in [1.54, 1.807) is 0 Å². The monoisotopic (exact) mass is 370 g/mol. The SMILES string of the molecule is CN1CCC(c2nnc(NC(=O)c3ccc(OC(F)(F)F)cc3)o2)CC1. The second-order valence-electron chi connectivity index (χ2n) is 6.05. The fourth-order valence-electron chi connectivity index (χ4n) is 2.68. The lowest BCUT2D eigenvalue weighted by atomic mass is 9.97. The minimum absolute atomic E-state index is 0.0421. The normalized spacial score (nSPS) is 16.5. The van der Waals surface area contributed by atoms with Crippen molar-refractivity contribution in [2.75, 3.05) is 25.5 Å². The summed E-state index contributed by atoms with van der Waals surface area (Å²) in [5.41, 5.74) is 0.138. The van der Waals surface area contributed by atoms with Gasteiger partial charge in [-0.2, -0.15) is 0 Å². The third kappa shape index (κ3) is 4.72. The molecule has 0 unspecified atom stereocenters. The average Bonchev–Trinajstić information content (AvgIpc) is 3.03. The molecule has 1 aliphatic heterocycles. The molecular formula is C16H17F3N4O3. The highest BCUT2D eigenvalue weighted by atomic mass is 19.4. The van der Waals surface area contributed by atoms with Crippen LogP contribution in [0.4, 0.5) is 19.2 Å². The van der Waals surface area contributed by atoms with Crippen LogP contribution in [0, 0.1) is 0 Å². The number of carbonyl (C=O) groups is 1. The summed E-state index contributed by atoms with van der Waals surface area (Å²) >= 11 is 0. The van der Waals surface area contributed by atoms with Crippen LogP contribution in [0.5, 0.6) is 5.75 Å². The van der Waals surface area contributed by atoms with E-state index in [2.05, 4.69) is 25.2 Å². The first-order chi connectivity index (χ1) is 12.3. The molecule has 1 saturated heterocycles. The van der Waals surface area contributed by atoms with Crippen molar-refractivity contribution in [3.63, 3.8) is 0 Å². The highest BCUT2D eigenvalue weighted by Gasteiger charge is 2.31. The standard InChI is InChI=1S/C16H17F3N4O3/c1-23-8-6-11(7-9-23)14-21-22-15(25-14)20-13(24)10-2-4-12(5-3-10)26-16(17,18)19/h2-5,11H,6-9H2,1H3,(H,20,22,24). The van der Waals surface area contributed by atoms with Crippen molar-refractivity contribution in [1.29, 1.82) is 0 Å². The van der Waals surface area contributed by atoms with Crippen LogP contribution >= 0.6 is 0 Å². The molecule has 1 amide bonds. The van der Waals surface area contributed by atoms with E-state index in [0.29, 0.717) is 5.89 Å². The first kappa shape index (κ1) is 18.2. The molecule has 0 radical (unpaired) electrons. The smallest absolute Gasteiger partial charge is 0.408 e. The van der Waals surface area contributed by atoms with Crippen LogP contribution in [0.2, 0.25) is 0 Å². The summed E-state index contributed by atoms with van der Waals surface area (Å²) in [6.07, 6.45) is -2.99. The summed E-state index contributed by atoms with van der Waals surface area (Å²) in [4.78, 5) is 14.3. The van der Waals surface area contributed by atoms with Gasteiger partial charge in [-0.15, -0.1) is 18.3 Å². The minimum Gasteiger partial charge on any atom is -0.408 e. The van der Waals surface area contributed by atoms with Crippen molar-refractivity contribution < 1.29 is 27.1 Å². The predicted molar refractivity (Wildman–Crippen MR) is 84.8 cm³/mol. The third-order valence-electron chi connectivity index (χ3n) is 4.08. The first-order valence-corrected chi connectivity index (χ1v) is 7.99. The van der Waals surface area contributed by atoms with Crippen LogP contribution in [0.1, 0.15) is 35.0 Å². The summed E-state index contributed by atoms with van der Waals surface area (Å²) < 4.78 is 45.7. The summed E-state index contributed by atoms with van der Waals surface area (Å²) in [5.74, 6) is -0.344. The zero-order chi connectivity index (χ0) is 18.7. The Morgan fingerprint density at radius 2 is 1.88 bits per heavy atom. The molecule has 0 atom stereocenters. The number of nitrogens with zero attached hydrogens (tertiary/aromatic N) is 3. The number of ether oxygens (including phenoxy) is 1. The summed E-state index contributed by atoms with van der Waals surface area (Å²) in [6.45, 7) is 1.86. The lowest BCUT2D eigenvalue weighted by Crippen LogP contribution is -2.29. The van der Waals surface area contributed by atoms with E-state index < -0.39 is 18.0 Å². The minimum atomic E-state index is -4.78. The molecule has 2 heterocycles. The number of alkyl halides is 3. The first-order valence-electron chi connectivity index (χ1n) is 7.99. The highest BCUT2D eigenvalue weighted by molar-refractivity contribution is 6.03. The number of benzene rings is 1. The number of nitrogens with one attached hydrogen (secondary N) is 1. The molecule has 7 nitrogen and oxygen atoms in total. The molecule has 1 fully saturated rings. The molecule has 0 saturated carbocycles. The van der Waals surface area contributed by atoms with Gasteiger partial charge in [0.1, 0.15) is 5.75 Å². The Hall–Kier alpha value is -2.62. The number of likely N-dealkylation sites (tertiary alicyclic amines) is 1. The van der Waals surface area contributed by atoms with Crippen molar-refractivity contribution in [3.05, 3.63) is 35.7 Å². The summed E-state index contributed by atoms with van der Waals surface area (Å²) in [7, 11) is 2.04. The van der Waals surface area contributed by atoms with E-state index in [1.807, 2.05) is 7.05 Å². The number of hydrogen-bond donors (Lipinski definition) is 1. The fraction of sp³-hybridized carbons (Fsp3) is 0.438. The van der Waals surface area contributed by atoms with Crippen LogP contribution < -0.4 is 10.1 Å². The maximum Gasteiger partial charge on any atom is 0.573 e. The Morgan fingerprint density at radius 1 is 1.23 bits per heavy atom. The molecule has 1 aromatic carbocycles. The Labute approximate surface area is 147 Å². The molecule has 140 valence electrons. The molecule has 0 spiro atoms. The van der Waals surface area contributed by atoms with Gasteiger partial charge in [-0.05, 0) is 57.2 Å². The highest BCUT2D eigenvalue weighted by Crippen LogP contribution is 2.27. The maximum absolute atomic E-state index is 12.1. The largest absolute Gasteiger partial charge is 0.573 e. The van der Waals surface area contributed by atoms with E-state index in [0.717, 1.165) is 38.1 Å². The predicted octanol–water partition coefficient (Wildman–Crippen LogP) is 3.03. The van der Waals surface area contributed by atoms with Crippen molar-refractivity contribution in [3.8, 4) is 5.75 Å². The van der Waals surface area contributed by atoms with Crippen molar-refractivity contribution in [1.82, 2.24) is 15.1 Å². The van der Waals surface area contributed by atoms with Crippen LogP contribution in [0.15, 0.2) is 28.7 Å². The second-order valence-corrected chi connectivity index (χ2v) is 6.05. The molecule has 3 rings (SSSR count). The topological polar surface area (TPSA) is 80.5 Å². The van der Waals surface area contributed by atoms with Crippen molar-refractivity contribution >= 4 is 11.9 Å². The number of aromatic nitrogens is 2. The van der Waals surface area contributed by atoms with Crippen molar-refractivity contribution in [2.24, 2.45) is 0 Å². The molecule has 1 aliphatic rings. The molecule has 0 aliphatic carbocycles. The Balaban J connectivity index is 1.60. The average molecular weight is 370 g/mol. The van der Waals surface area contributed by atoms with E-state index in [1.165, 1.54) is 12.1 Å². The molecule has 2 aromatic rings. The fourth-order valence-corrected chi connectivity index (χ4v) is 2.68. The van der Waals surface area contributed by atoms with Gasteiger partial charge in [-0.25, -0.2) is 0 Å². The van der Waals surface area contributed by atoms with Crippen LogP contribution in [-0.4, -0.2) is 47.5 Å². The Bertz CT molecular complexity index is 753. The zero-order valence-electron chi connectivity index (χ0n) is 13.9. The molecule has 26 heavy (non-hydrogen) atoms. The Kier molecular flexibility index (Phi) is 5.12. The van der Waals surface area contributed by atoms with Gasteiger partial charge in [0.05, 0.1) is 0 Å². The van der Waals surface area contributed by atoms with Gasteiger partial charge in [-0.3, -0.25) is 10.1 Å². The van der Waals surface area contributed by atoms with Gasteiger partial charge in [-0.1, -0.05) is 5.10 Å². The third-order valence-corrected chi connectivity index (χ3v) is 4.08. The number of piperidine rings is 1. The number of anilines is 1. The quantitative estimate of drug-likeness (QED) is 0.891. The molecule has 1 N–H and O–H groups in total. The number of amides is 1. The van der Waals surface area contributed by atoms with Crippen LogP contribution in [0.3, 0.4) is 0 Å². The van der Waals surface area contributed by atoms with Crippen LogP contribution in [-0.2, 0) is 0 Å². The van der Waals surface area contributed by atoms with Gasteiger partial charge in [0.15, 0.2) is 0 Å². The lowest BCUT2D eigenvalue weighted by Gasteiger charge is -2.26. The van der Waals surface area contributed by atoms with E-state index >= 15 is 0 Å². The number of halogens is 3. The molecule has 1 aromatic heterocycles. The summed E-state index contributed by atoms with van der Waals surface area (Å²) in [5, 5.41) is 10.2. The number of carbonyl (C=O) groups excluding carboxylic acids is 1. The maximum atomic E-state index is 12.1. The zero-order valence-corrected chi connectivity index (χ0v) is 13.9. The van der Waals surface area contributed by atoms with Gasteiger partial charge >= 0.3 is 12.4 Å².